The molecule has 9 aromatic rings. The highest BCUT2D eigenvalue weighted by Gasteiger charge is 2.49. The molecular formula is C69H70BN3O. The van der Waals surface area contributed by atoms with Crippen LogP contribution in [-0.2, 0) is 27.1 Å². The zero-order valence-electron chi connectivity index (χ0n) is 48.4. The van der Waals surface area contributed by atoms with Crippen LogP contribution in [0.15, 0.2) is 156 Å². The van der Waals surface area contributed by atoms with Gasteiger partial charge in [0.1, 0.15) is 5.58 Å². The van der Waals surface area contributed by atoms with Crippen LogP contribution in [0.25, 0.3) is 21.9 Å². The molecule has 0 bridgehead atoms. The normalized spacial score (nSPS) is 18.2. The summed E-state index contributed by atoms with van der Waals surface area (Å²) in [7, 11) is 0. The molecule has 1 aromatic heterocycles. The molecular weight excluding hydrogens is 898 g/mol. The second kappa shape index (κ2) is 15.8. The summed E-state index contributed by atoms with van der Waals surface area (Å²) in [4.78, 5) is 7.15. The van der Waals surface area contributed by atoms with E-state index in [1.165, 1.54) is 38.8 Å². The van der Waals surface area contributed by atoms with E-state index in [1.807, 2.05) is 12.1 Å². The minimum atomic E-state index is -2.44. The van der Waals surface area contributed by atoms with Gasteiger partial charge in [-0.05, 0) is 188 Å². The molecule has 5 heteroatoms. The highest BCUT2D eigenvalue weighted by atomic mass is 16.3. The second-order valence-corrected chi connectivity index (χ2v) is 25.9. The molecule has 4 nitrogen and oxygen atoms in total. The molecule has 0 N–H and O–H groups in total. The van der Waals surface area contributed by atoms with Crippen molar-refractivity contribution in [3.05, 3.63) is 191 Å². The van der Waals surface area contributed by atoms with Gasteiger partial charge in [-0.15, -0.1) is 0 Å². The van der Waals surface area contributed by atoms with E-state index in [-0.39, 0.29) is 33.8 Å². The molecule has 74 heavy (non-hydrogen) atoms. The van der Waals surface area contributed by atoms with Gasteiger partial charge in [-0.1, -0.05) is 155 Å². The first-order valence-electron chi connectivity index (χ1n) is 28.5. The molecule has 0 radical (unpaired) electrons. The van der Waals surface area contributed by atoms with Crippen LogP contribution in [0.4, 0.5) is 51.2 Å². The predicted molar refractivity (Wildman–Crippen MR) is 317 cm³/mol. The van der Waals surface area contributed by atoms with Crippen LogP contribution in [0.5, 0.6) is 0 Å². The van der Waals surface area contributed by atoms with Crippen molar-refractivity contribution in [2.24, 2.45) is 0 Å². The molecule has 3 heterocycles. The average molecular weight is 971 g/mol. The molecule has 0 saturated heterocycles. The number of para-hydroxylation sites is 3. The van der Waals surface area contributed by atoms with E-state index in [9.17, 15) is 4.11 Å². The Morgan fingerprint density at radius 1 is 0.514 bits per heavy atom. The van der Waals surface area contributed by atoms with E-state index in [0.29, 0.717) is 5.56 Å². The Balaban J connectivity index is 1.17. The lowest BCUT2D eigenvalue weighted by Crippen LogP contribution is -2.61. The standard InChI is InChI=1S/C69H70BN3O/c1-42-33-60-63-61(34-42)73(57-39-52-50(35-43(57)2)66(6,7)31-32-67(52,8)9)59-40-53-51(68(10,11)41-69(53,12)13)38-55(59)70(63)54-30-28-47(71(45-21-16-14-17-22-45)46-23-18-15-19-24-46)37-58(54)72(60)56-26-20-25-49-48-29-27-44(65(3,4)5)36-62(48)74-64(49)56/h14-30,33-40H,31-32,41H2,1-13H3/i1D3. The number of benzene rings is 8. The Bertz CT molecular complexity index is 3880. The van der Waals surface area contributed by atoms with E-state index in [1.54, 1.807) is 0 Å². The molecule has 0 saturated carbocycles. The van der Waals surface area contributed by atoms with Crippen molar-refractivity contribution < 1.29 is 8.53 Å². The van der Waals surface area contributed by atoms with Crippen molar-refractivity contribution in [3.63, 3.8) is 0 Å². The lowest BCUT2D eigenvalue weighted by molar-refractivity contribution is 0.332. The van der Waals surface area contributed by atoms with Crippen molar-refractivity contribution >= 4 is 96.2 Å². The number of hydrogen-bond donors (Lipinski definition) is 0. The van der Waals surface area contributed by atoms with Gasteiger partial charge in [0.05, 0.1) is 5.69 Å². The lowest BCUT2D eigenvalue weighted by Gasteiger charge is -2.46. The largest absolute Gasteiger partial charge is 0.454 e. The van der Waals surface area contributed by atoms with Gasteiger partial charge < -0.3 is 19.1 Å². The summed E-state index contributed by atoms with van der Waals surface area (Å²) in [5, 5.41) is 2.06. The number of anilines is 9. The molecule has 4 aliphatic rings. The minimum absolute atomic E-state index is 0.0153. The molecule has 0 spiro atoms. The third-order valence-electron chi connectivity index (χ3n) is 17.8. The van der Waals surface area contributed by atoms with Crippen molar-refractivity contribution in [3.8, 4) is 0 Å². The quantitative estimate of drug-likeness (QED) is 0.160. The maximum absolute atomic E-state index is 9.35. The molecule has 0 fully saturated rings. The highest BCUT2D eigenvalue weighted by Crippen LogP contribution is 2.55. The van der Waals surface area contributed by atoms with Crippen LogP contribution < -0.4 is 31.1 Å². The molecule has 0 atom stereocenters. The first kappa shape index (κ1) is 43.4. The number of furan rings is 1. The van der Waals surface area contributed by atoms with Crippen molar-refractivity contribution in [1.29, 1.82) is 0 Å². The van der Waals surface area contributed by atoms with Crippen LogP contribution >= 0.6 is 0 Å². The van der Waals surface area contributed by atoms with Crippen molar-refractivity contribution in [2.75, 3.05) is 14.7 Å². The van der Waals surface area contributed by atoms with E-state index in [2.05, 4.69) is 237 Å². The van der Waals surface area contributed by atoms with Crippen LogP contribution in [0.2, 0.25) is 0 Å². The first-order chi connectivity index (χ1) is 36.3. The summed E-state index contributed by atoms with van der Waals surface area (Å²) in [6.45, 7) is 25.5. The summed E-state index contributed by atoms with van der Waals surface area (Å²) < 4.78 is 35.2. The number of hydrogen-bond acceptors (Lipinski definition) is 4. The number of fused-ring (bicyclic) bond motifs is 9. The Morgan fingerprint density at radius 2 is 1.09 bits per heavy atom. The van der Waals surface area contributed by atoms with E-state index >= 15 is 0 Å². The summed E-state index contributed by atoms with van der Waals surface area (Å²) in [5.74, 6) is 0. The first-order valence-corrected chi connectivity index (χ1v) is 27.0. The van der Waals surface area contributed by atoms with E-state index in [4.69, 9.17) is 4.42 Å². The van der Waals surface area contributed by atoms with Crippen LogP contribution in [0.1, 0.15) is 138 Å². The SMILES string of the molecule is [2H]C([2H])([2H])c1cc2c3c(c1)N(c1cccc4c1oc1cc(C(C)(C)C)ccc14)c1cc(N(c4ccccc4)c4ccccc4)ccc1B3c1cc3c(cc1N2c1cc2c(cc1C)C(C)(C)CCC2(C)C)C(C)(C)CC3(C)C. The molecule has 0 amide bonds. The number of nitrogens with zero attached hydrogens (tertiary/aromatic N) is 3. The van der Waals surface area contributed by atoms with Gasteiger partial charge in [-0.3, -0.25) is 0 Å². The summed E-state index contributed by atoms with van der Waals surface area (Å²) in [6, 6.07) is 55.2. The van der Waals surface area contributed by atoms with Crippen molar-refractivity contribution in [1.82, 2.24) is 0 Å². The van der Waals surface area contributed by atoms with Gasteiger partial charge in [-0.2, -0.15) is 0 Å². The third kappa shape index (κ3) is 6.94. The fourth-order valence-corrected chi connectivity index (χ4v) is 14.1. The summed E-state index contributed by atoms with van der Waals surface area (Å²) in [5.41, 5.74) is 21.8. The predicted octanol–water partition coefficient (Wildman–Crippen LogP) is 17.4. The Morgan fingerprint density at radius 3 is 1.73 bits per heavy atom. The van der Waals surface area contributed by atoms with Gasteiger partial charge >= 0.3 is 0 Å². The van der Waals surface area contributed by atoms with Crippen LogP contribution in [-0.4, -0.2) is 6.71 Å². The van der Waals surface area contributed by atoms with Gasteiger partial charge in [-0.25, -0.2) is 0 Å². The minimum Gasteiger partial charge on any atom is -0.454 e. The monoisotopic (exact) mass is 971 g/mol. The van der Waals surface area contributed by atoms with Gasteiger partial charge in [0.15, 0.2) is 5.58 Å². The van der Waals surface area contributed by atoms with Crippen LogP contribution in [0, 0.1) is 13.8 Å². The maximum Gasteiger partial charge on any atom is 0.252 e. The Hall–Kier alpha value is -6.98. The third-order valence-corrected chi connectivity index (χ3v) is 17.8. The molecule has 2 aliphatic carbocycles. The van der Waals surface area contributed by atoms with Gasteiger partial charge in [0, 0.05) is 60.4 Å². The highest BCUT2D eigenvalue weighted by molar-refractivity contribution is 7.00. The van der Waals surface area contributed by atoms with Gasteiger partial charge in [0.2, 0.25) is 0 Å². The van der Waals surface area contributed by atoms with Gasteiger partial charge in [0.25, 0.3) is 6.71 Å². The molecule has 2 aliphatic heterocycles. The second-order valence-electron chi connectivity index (χ2n) is 25.9. The van der Waals surface area contributed by atoms with Crippen molar-refractivity contribution in [2.45, 2.75) is 136 Å². The average Bonchev–Trinajstić information content (AvgIpc) is 4.08. The van der Waals surface area contributed by atoms with E-state index < -0.39 is 6.85 Å². The number of aryl methyl sites for hydroxylation is 2. The maximum atomic E-state index is 9.35. The zero-order valence-corrected chi connectivity index (χ0v) is 45.4. The fourth-order valence-electron chi connectivity index (χ4n) is 14.1. The topological polar surface area (TPSA) is 22.9 Å². The molecule has 13 rings (SSSR count). The zero-order chi connectivity index (χ0) is 54.1. The smallest absolute Gasteiger partial charge is 0.252 e. The lowest BCUT2D eigenvalue weighted by atomic mass is 9.33. The molecule has 370 valence electrons. The van der Waals surface area contributed by atoms with E-state index in [0.717, 1.165) is 103 Å². The Kier molecular flexibility index (Phi) is 9.26. The molecule has 8 aromatic carbocycles. The Labute approximate surface area is 444 Å². The fraction of sp³-hybridized carbons (Fsp3) is 0.304. The number of rotatable bonds is 5. The van der Waals surface area contributed by atoms with Crippen LogP contribution in [0.3, 0.4) is 0 Å². The molecule has 0 unspecified atom stereocenters. The summed E-state index contributed by atoms with van der Waals surface area (Å²) >= 11 is 0. The summed E-state index contributed by atoms with van der Waals surface area (Å²) in [6.07, 6.45) is 3.22.